The molecule has 0 N–H and O–H groups in total. The van der Waals surface area contributed by atoms with Crippen molar-refractivity contribution in [2.45, 2.75) is 0 Å². The van der Waals surface area contributed by atoms with Gasteiger partial charge in [0, 0.05) is 0 Å². The lowest BCUT2D eigenvalue weighted by Crippen LogP contribution is -1.77. The Morgan fingerprint density at radius 3 is 1.20 bits per heavy atom. The molecule has 2 radical (unpaired) electrons. The van der Waals surface area contributed by atoms with Crippen LogP contribution in [-0.2, 0) is 9.84 Å². The molecular weight excluding hydrogens is 88.1 g/mol. The predicted octanol–water partition coefficient (Wildman–Crippen LogP) is -0.0156. The van der Waals surface area contributed by atoms with Crippen molar-refractivity contribution >= 4 is 9.84 Å². The quantitative estimate of drug-likeness (QED) is 0.421. The van der Waals surface area contributed by atoms with Gasteiger partial charge in [-0.15, -0.1) is 0 Å². The molecule has 0 atom stereocenters. The zero-order valence-corrected chi connectivity index (χ0v) is 3.46. The Balaban J connectivity index is 4.06. The maximum Gasteiger partial charge on any atom is 0.152 e. The second-order valence-corrected chi connectivity index (χ2v) is 2.23. The van der Waals surface area contributed by atoms with Crippen LogP contribution in [0.1, 0.15) is 0 Å². The van der Waals surface area contributed by atoms with E-state index in [0.717, 1.165) is 0 Å². The van der Waals surface area contributed by atoms with Gasteiger partial charge in [-0.1, -0.05) is 0 Å². The van der Waals surface area contributed by atoms with Crippen LogP contribution in [0.5, 0.6) is 0 Å². The third kappa shape index (κ3) is 6010. The third-order valence-corrected chi connectivity index (χ3v) is 0. The van der Waals surface area contributed by atoms with Crippen molar-refractivity contribution in [2.75, 3.05) is 0 Å². The minimum Gasteiger partial charge on any atom is -0.229 e. The molecule has 0 saturated heterocycles. The first-order valence-electron chi connectivity index (χ1n) is 0.911. The van der Waals surface area contributed by atoms with Gasteiger partial charge in [-0.2, -0.15) is 0 Å². The Morgan fingerprint density at radius 1 is 1.20 bits per heavy atom. The molecule has 0 saturated carbocycles. The molecule has 0 aromatic heterocycles. The largest absolute Gasteiger partial charge is 0.229 e. The highest BCUT2D eigenvalue weighted by atomic mass is 32.2. The van der Waals surface area contributed by atoms with Crippen molar-refractivity contribution in [3.05, 3.63) is 12.5 Å². The van der Waals surface area contributed by atoms with Crippen LogP contribution >= 0.6 is 0 Å². The van der Waals surface area contributed by atoms with Gasteiger partial charge >= 0.3 is 0 Å². The van der Waals surface area contributed by atoms with Gasteiger partial charge in [-0.25, -0.2) is 8.42 Å². The fourth-order valence-electron chi connectivity index (χ4n) is 0. The molecule has 2 nitrogen and oxygen atoms in total. The molecule has 0 spiro atoms. The minimum atomic E-state index is -3.17. The van der Waals surface area contributed by atoms with Crippen LogP contribution in [0.3, 0.4) is 0 Å². The van der Waals surface area contributed by atoms with Gasteiger partial charge in [-0.3, -0.25) is 0 Å². The van der Waals surface area contributed by atoms with Gasteiger partial charge in [0.05, 0.1) is 12.5 Å². The Labute approximate surface area is 31.7 Å². The van der Waals surface area contributed by atoms with E-state index < -0.39 is 9.84 Å². The van der Waals surface area contributed by atoms with E-state index in [2.05, 4.69) is 12.5 Å². The molecule has 0 aliphatic carbocycles. The smallest absolute Gasteiger partial charge is 0.152 e. The first-order valence-corrected chi connectivity index (χ1v) is 2.73. The molecule has 0 aliphatic heterocycles. The van der Waals surface area contributed by atoms with Crippen molar-refractivity contribution in [1.29, 1.82) is 0 Å². The molecule has 0 heterocycles. The van der Waals surface area contributed by atoms with Crippen LogP contribution in [0.4, 0.5) is 0 Å². The average molecular weight is 92.1 g/mol. The zero-order chi connectivity index (χ0) is 4.50. The SMILES string of the molecule is [CH2]S([CH2])(=O)=O. The first-order chi connectivity index (χ1) is 2.00. The van der Waals surface area contributed by atoms with Crippen LogP contribution in [-0.4, -0.2) is 8.42 Å². The standard InChI is InChI=1S/C2H4O2S/c1-5(2,3)4/h1-2H2. The van der Waals surface area contributed by atoms with Crippen LogP contribution in [0.15, 0.2) is 0 Å². The topological polar surface area (TPSA) is 34.1 Å². The highest BCUT2D eigenvalue weighted by Gasteiger charge is 1.80. The summed E-state index contributed by atoms with van der Waals surface area (Å²) in [5.41, 5.74) is 0. The van der Waals surface area contributed by atoms with Gasteiger partial charge in [0.1, 0.15) is 0 Å². The molecule has 3 heteroatoms. The van der Waals surface area contributed by atoms with E-state index in [0.29, 0.717) is 0 Å². The minimum absolute atomic E-state index is 2.63. The van der Waals surface area contributed by atoms with Crippen molar-refractivity contribution < 1.29 is 8.42 Å². The van der Waals surface area contributed by atoms with E-state index >= 15 is 0 Å². The first kappa shape index (κ1) is 4.95. The molecule has 5 heavy (non-hydrogen) atoms. The van der Waals surface area contributed by atoms with E-state index in [-0.39, 0.29) is 0 Å². The number of sulfone groups is 1. The molecular formula is C2H4O2S. The van der Waals surface area contributed by atoms with Crippen LogP contribution < -0.4 is 0 Å². The predicted molar refractivity (Wildman–Crippen MR) is 19.6 cm³/mol. The molecule has 30 valence electrons. The highest BCUT2D eigenvalue weighted by Crippen LogP contribution is 1.71. The Hall–Kier alpha value is -0.0500. The molecule has 0 fully saturated rings. The van der Waals surface area contributed by atoms with Crippen LogP contribution in [0.25, 0.3) is 0 Å². The molecule has 0 aliphatic rings. The van der Waals surface area contributed by atoms with Crippen LogP contribution in [0.2, 0.25) is 0 Å². The monoisotopic (exact) mass is 92.0 g/mol. The number of hydrogen-bond acceptors (Lipinski definition) is 2. The Kier molecular flexibility index (Phi) is 0.961. The van der Waals surface area contributed by atoms with Gasteiger partial charge < -0.3 is 0 Å². The van der Waals surface area contributed by atoms with Gasteiger partial charge in [0.25, 0.3) is 0 Å². The second kappa shape index (κ2) is 0.971. The average Bonchev–Trinajstić information content (AvgIpc) is 0.722. The molecule has 0 rings (SSSR count). The van der Waals surface area contributed by atoms with Gasteiger partial charge in [-0.05, 0) is 0 Å². The lowest BCUT2D eigenvalue weighted by atomic mass is 11.9. The van der Waals surface area contributed by atoms with Crippen molar-refractivity contribution in [2.24, 2.45) is 0 Å². The molecule has 0 aromatic rings. The lowest BCUT2D eigenvalue weighted by Gasteiger charge is -1.68. The molecule has 0 bridgehead atoms. The summed E-state index contributed by atoms with van der Waals surface area (Å²) in [5, 5.41) is 0. The van der Waals surface area contributed by atoms with E-state index in [4.69, 9.17) is 0 Å². The summed E-state index contributed by atoms with van der Waals surface area (Å²) in [5.74, 6) is 0. The summed E-state index contributed by atoms with van der Waals surface area (Å²) in [4.78, 5) is 0. The summed E-state index contributed by atoms with van der Waals surface area (Å²) < 4.78 is 18.8. The summed E-state index contributed by atoms with van der Waals surface area (Å²) in [6, 6.07) is 0. The summed E-state index contributed by atoms with van der Waals surface area (Å²) >= 11 is 0. The number of rotatable bonds is 0. The van der Waals surface area contributed by atoms with Crippen molar-refractivity contribution in [3.63, 3.8) is 0 Å². The van der Waals surface area contributed by atoms with Crippen molar-refractivity contribution in [1.82, 2.24) is 0 Å². The Morgan fingerprint density at radius 2 is 1.20 bits per heavy atom. The maximum atomic E-state index is 9.41. The van der Waals surface area contributed by atoms with E-state index in [9.17, 15) is 8.42 Å². The zero-order valence-electron chi connectivity index (χ0n) is 2.64. The highest BCUT2D eigenvalue weighted by molar-refractivity contribution is 7.93. The summed E-state index contributed by atoms with van der Waals surface area (Å²) in [6.07, 6.45) is 5.26. The fraction of sp³-hybridized carbons (Fsp3) is 0. The van der Waals surface area contributed by atoms with Gasteiger partial charge in [0.15, 0.2) is 9.84 Å². The molecule has 0 unspecified atom stereocenters. The Bertz CT molecular complexity index is 90.8. The molecule has 0 amide bonds. The van der Waals surface area contributed by atoms with Gasteiger partial charge in [0.2, 0.25) is 0 Å². The summed E-state index contributed by atoms with van der Waals surface area (Å²) in [6.45, 7) is 0. The van der Waals surface area contributed by atoms with Crippen LogP contribution in [0, 0.1) is 12.5 Å². The maximum absolute atomic E-state index is 9.41. The fourth-order valence-corrected chi connectivity index (χ4v) is 0. The van der Waals surface area contributed by atoms with E-state index in [1.54, 1.807) is 0 Å². The summed E-state index contributed by atoms with van der Waals surface area (Å²) in [7, 11) is -3.17. The lowest BCUT2D eigenvalue weighted by molar-refractivity contribution is 0.612. The molecule has 0 aromatic carbocycles. The van der Waals surface area contributed by atoms with E-state index in [1.165, 1.54) is 0 Å². The third-order valence-electron chi connectivity index (χ3n) is 0. The second-order valence-electron chi connectivity index (χ2n) is 0.744. The van der Waals surface area contributed by atoms with E-state index in [1.807, 2.05) is 0 Å². The normalized spacial score (nSPS) is 11.6. The van der Waals surface area contributed by atoms with Crippen molar-refractivity contribution in [3.8, 4) is 0 Å². The number of hydrogen-bond donors (Lipinski definition) is 0.